The van der Waals surface area contributed by atoms with Crippen LogP contribution in [0.4, 0.5) is 8.78 Å². The summed E-state index contributed by atoms with van der Waals surface area (Å²) in [6, 6.07) is 2.62. The van der Waals surface area contributed by atoms with E-state index in [4.69, 9.17) is 34.0 Å². The molecule has 1 rings (SSSR count). The molecular weight excluding hydrogens is 247 g/mol. The second-order valence-corrected chi connectivity index (χ2v) is 3.83. The second-order valence-electron chi connectivity index (χ2n) is 3.04. The molecular formula is C9H9Cl2F2NO. The Labute approximate surface area is 95.6 Å². The summed E-state index contributed by atoms with van der Waals surface area (Å²) in [5, 5.41) is 8.62. The summed E-state index contributed by atoms with van der Waals surface area (Å²) in [4.78, 5) is 0. The number of aliphatic hydroxyl groups is 1. The minimum atomic E-state index is -3.42. The van der Waals surface area contributed by atoms with Gasteiger partial charge in [0.25, 0.3) is 5.92 Å². The number of aliphatic hydroxyl groups excluding tert-OH is 1. The van der Waals surface area contributed by atoms with Gasteiger partial charge in [0.05, 0.1) is 16.1 Å². The Kier molecular flexibility index (Phi) is 3.89. The third-order valence-corrected chi connectivity index (χ3v) is 2.82. The van der Waals surface area contributed by atoms with Crippen LogP contribution in [-0.4, -0.2) is 17.6 Å². The summed E-state index contributed by atoms with van der Waals surface area (Å²) in [6.07, 6.45) is 0. The molecule has 0 aliphatic heterocycles. The molecule has 0 heterocycles. The first-order chi connectivity index (χ1) is 6.90. The molecule has 0 aromatic heterocycles. The van der Waals surface area contributed by atoms with Gasteiger partial charge in [-0.2, -0.15) is 0 Å². The molecule has 0 unspecified atom stereocenters. The van der Waals surface area contributed by atoms with Gasteiger partial charge < -0.3 is 10.8 Å². The molecule has 84 valence electrons. The van der Waals surface area contributed by atoms with Gasteiger partial charge in [-0.1, -0.05) is 35.3 Å². The van der Waals surface area contributed by atoms with E-state index in [1.807, 2.05) is 0 Å². The van der Waals surface area contributed by atoms with Crippen molar-refractivity contribution in [3.05, 3.63) is 33.8 Å². The van der Waals surface area contributed by atoms with Crippen molar-refractivity contribution < 1.29 is 13.9 Å². The van der Waals surface area contributed by atoms with Crippen LogP contribution in [0.2, 0.25) is 10.0 Å². The molecule has 3 N–H and O–H groups in total. The monoisotopic (exact) mass is 255 g/mol. The Hall–Kier alpha value is -0.420. The standard InChI is InChI=1S/C9H9Cl2F2NO/c10-6-3-1-2-5(7(6)11)8(14)9(12,13)4-15/h1-3,8,15H,4,14H2/t8-/m1/s1. The van der Waals surface area contributed by atoms with E-state index < -0.39 is 18.6 Å². The van der Waals surface area contributed by atoms with Gasteiger partial charge in [-0.15, -0.1) is 0 Å². The van der Waals surface area contributed by atoms with E-state index in [1.54, 1.807) is 0 Å². The van der Waals surface area contributed by atoms with E-state index in [0.29, 0.717) is 0 Å². The van der Waals surface area contributed by atoms with Gasteiger partial charge in [0.1, 0.15) is 6.61 Å². The van der Waals surface area contributed by atoms with E-state index in [-0.39, 0.29) is 15.6 Å². The molecule has 2 nitrogen and oxygen atoms in total. The molecule has 0 aliphatic carbocycles. The van der Waals surface area contributed by atoms with Gasteiger partial charge in [0.15, 0.2) is 0 Å². The van der Waals surface area contributed by atoms with Crippen LogP contribution >= 0.6 is 23.2 Å². The molecule has 0 amide bonds. The van der Waals surface area contributed by atoms with Crippen molar-refractivity contribution in [1.29, 1.82) is 0 Å². The molecule has 0 saturated carbocycles. The van der Waals surface area contributed by atoms with Crippen molar-refractivity contribution >= 4 is 23.2 Å². The lowest BCUT2D eigenvalue weighted by molar-refractivity contribution is -0.0711. The number of alkyl halides is 2. The van der Waals surface area contributed by atoms with Gasteiger partial charge in [-0.05, 0) is 11.6 Å². The van der Waals surface area contributed by atoms with Crippen molar-refractivity contribution in [1.82, 2.24) is 0 Å². The highest BCUT2D eigenvalue weighted by Crippen LogP contribution is 2.35. The third-order valence-electron chi connectivity index (χ3n) is 1.98. The molecule has 0 radical (unpaired) electrons. The predicted octanol–water partition coefficient (Wildman–Crippen LogP) is 2.62. The SMILES string of the molecule is N[C@H](c1cccc(Cl)c1Cl)C(F)(F)CO. The van der Waals surface area contributed by atoms with Crippen molar-refractivity contribution in [3.8, 4) is 0 Å². The largest absolute Gasteiger partial charge is 0.390 e. The molecule has 1 atom stereocenters. The summed E-state index contributed by atoms with van der Waals surface area (Å²) in [6.45, 7) is -1.34. The quantitative estimate of drug-likeness (QED) is 0.873. The summed E-state index contributed by atoms with van der Waals surface area (Å²) in [5.41, 5.74) is 5.32. The first-order valence-electron chi connectivity index (χ1n) is 4.08. The van der Waals surface area contributed by atoms with Crippen LogP contribution in [0.15, 0.2) is 18.2 Å². The Morgan fingerprint density at radius 1 is 1.40 bits per heavy atom. The summed E-state index contributed by atoms with van der Waals surface area (Å²) < 4.78 is 26.1. The molecule has 1 aromatic carbocycles. The predicted molar refractivity (Wildman–Crippen MR) is 55.4 cm³/mol. The van der Waals surface area contributed by atoms with Crippen LogP contribution < -0.4 is 5.73 Å². The van der Waals surface area contributed by atoms with E-state index >= 15 is 0 Å². The maximum Gasteiger partial charge on any atom is 0.289 e. The van der Waals surface area contributed by atoms with Gasteiger partial charge in [-0.3, -0.25) is 0 Å². The molecule has 6 heteroatoms. The highest BCUT2D eigenvalue weighted by molar-refractivity contribution is 6.42. The topological polar surface area (TPSA) is 46.2 Å². The van der Waals surface area contributed by atoms with E-state index in [2.05, 4.69) is 0 Å². The van der Waals surface area contributed by atoms with Gasteiger partial charge in [-0.25, -0.2) is 8.78 Å². The first kappa shape index (κ1) is 12.6. The van der Waals surface area contributed by atoms with E-state index in [0.717, 1.165) is 0 Å². The molecule has 0 bridgehead atoms. The lowest BCUT2D eigenvalue weighted by Crippen LogP contribution is -2.36. The molecule has 0 saturated heterocycles. The molecule has 0 spiro atoms. The zero-order chi connectivity index (χ0) is 11.6. The maximum atomic E-state index is 13.1. The number of benzene rings is 1. The lowest BCUT2D eigenvalue weighted by Gasteiger charge is -2.22. The fourth-order valence-corrected chi connectivity index (χ4v) is 1.51. The van der Waals surface area contributed by atoms with Crippen LogP contribution in [0.5, 0.6) is 0 Å². The molecule has 15 heavy (non-hydrogen) atoms. The fourth-order valence-electron chi connectivity index (χ4n) is 1.09. The smallest absolute Gasteiger partial charge is 0.289 e. The van der Waals surface area contributed by atoms with Crippen LogP contribution in [0.25, 0.3) is 0 Å². The maximum absolute atomic E-state index is 13.1. The Morgan fingerprint density at radius 2 is 2.00 bits per heavy atom. The number of rotatable bonds is 3. The summed E-state index contributed by atoms with van der Waals surface area (Å²) in [5.74, 6) is -3.42. The third kappa shape index (κ3) is 2.58. The van der Waals surface area contributed by atoms with Crippen molar-refractivity contribution in [3.63, 3.8) is 0 Å². The average molecular weight is 256 g/mol. The van der Waals surface area contributed by atoms with Crippen molar-refractivity contribution in [2.45, 2.75) is 12.0 Å². The summed E-state index contributed by atoms with van der Waals surface area (Å²) >= 11 is 11.4. The van der Waals surface area contributed by atoms with Crippen LogP contribution in [0, 0.1) is 0 Å². The number of nitrogens with two attached hydrogens (primary N) is 1. The van der Waals surface area contributed by atoms with E-state index in [1.165, 1.54) is 18.2 Å². The lowest BCUT2D eigenvalue weighted by atomic mass is 10.0. The fraction of sp³-hybridized carbons (Fsp3) is 0.333. The van der Waals surface area contributed by atoms with Gasteiger partial charge in [0, 0.05) is 0 Å². The first-order valence-corrected chi connectivity index (χ1v) is 4.84. The van der Waals surface area contributed by atoms with Crippen LogP contribution in [0.1, 0.15) is 11.6 Å². The van der Waals surface area contributed by atoms with Crippen molar-refractivity contribution in [2.75, 3.05) is 6.61 Å². The number of hydrogen-bond donors (Lipinski definition) is 2. The zero-order valence-corrected chi connectivity index (χ0v) is 9.06. The highest BCUT2D eigenvalue weighted by atomic mass is 35.5. The summed E-state index contributed by atoms with van der Waals surface area (Å²) in [7, 11) is 0. The Bertz CT molecular complexity index is 360. The zero-order valence-electron chi connectivity index (χ0n) is 7.55. The minimum absolute atomic E-state index is 0.0141. The molecule has 1 aromatic rings. The van der Waals surface area contributed by atoms with Gasteiger partial charge >= 0.3 is 0 Å². The normalized spacial score (nSPS) is 14.0. The average Bonchev–Trinajstić information content (AvgIpc) is 2.21. The second kappa shape index (κ2) is 4.61. The Morgan fingerprint density at radius 3 is 2.53 bits per heavy atom. The van der Waals surface area contributed by atoms with Crippen LogP contribution in [0.3, 0.4) is 0 Å². The van der Waals surface area contributed by atoms with Crippen molar-refractivity contribution in [2.24, 2.45) is 5.73 Å². The van der Waals surface area contributed by atoms with Crippen LogP contribution in [-0.2, 0) is 0 Å². The molecule has 0 aliphatic rings. The number of hydrogen-bond acceptors (Lipinski definition) is 2. The number of halogens is 4. The highest BCUT2D eigenvalue weighted by Gasteiger charge is 2.38. The van der Waals surface area contributed by atoms with Gasteiger partial charge in [0.2, 0.25) is 0 Å². The Balaban J connectivity index is 3.12. The van der Waals surface area contributed by atoms with E-state index in [9.17, 15) is 8.78 Å². The molecule has 0 fully saturated rings. The minimum Gasteiger partial charge on any atom is -0.390 e.